The fourth-order valence-corrected chi connectivity index (χ4v) is 2.48. The highest BCUT2D eigenvalue weighted by molar-refractivity contribution is 14.1. The molecule has 2 aromatic rings. The van der Waals surface area contributed by atoms with Crippen LogP contribution in [0.4, 0.5) is 0 Å². The van der Waals surface area contributed by atoms with Crippen LogP contribution < -0.4 is 5.56 Å². The molecule has 0 radical (unpaired) electrons. The first-order valence-corrected chi connectivity index (χ1v) is 7.38. The van der Waals surface area contributed by atoms with Crippen LogP contribution in [0.1, 0.15) is 19.0 Å². The van der Waals surface area contributed by atoms with Gasteiger partial charge in [0.2, 0.25) is 0 Å². The lowest BCUT2D eigenvalue weighted by Gasteiger charge is -2.06. The summed E-state index contributed by atoms with van der Waals surface area (Å²) >= 11 is 5.40. The van der Waals surface area contributed by atoms with Gasteiger partial charge in [0, 0.05) is 22.4 Å². The minimum Gasteiger partial charge on any atom is -0.306 e. The summed E-state index contributed by atoms with van der Waals surface area (Å²) in [6.07, 6.45) is 5.14. The molecule has 0 aliphatic carbocycles. The summed E-state index contributed by atoms with van der Waals surface area (Å²) in [5.74, 6) is 0.567. The second kappa shape index (κ2) is 5.92. The van der Waals surface area contributed by atoms with E-state index < -0.39 is 0 Å². The van der Waals surface area contributed by atoms with E-state index >= 15 is 0 Å². The molecule has 2 heterocycles. The smallest absolute Gasteiger partial charge is 0.264 e. The van der Waals surface area contributed by atoms with Crippen LogP contribution in [0.15, 0.2) is 27.7 Å². The molecule has 6 heteroatoms. The normalized spacial score (nSPS) is 10.6. The van der Waals surface area contributed by atoms with Crippen LogP contribution >= 0.6 is 38.5 Å². The molecule has 4 nitrogen and oxygen atoms in total. The molecule has 0 aliphatic rings. The van der Waals surface area contributed by atoms with E-state index in [4.69, 9.17) is 0 Å². The van der Waals surface area contributed by atoms with Crippen molar-refractivity contribution in [3.05, 3.63) is 42.6 Å². The quantitative estimate of drug-likeness (QED) is 0.777. The summed E-state index contributed by atoms with van der Waals surface area (Å²) in [6, 6.07) is 1.88. The zero-order valence-corrected chi connectivity index (χ0v) is 13.4. The van der Waals surface area contributed by atoms with Crippen LogP contribution in [0.5, 0.6) is 0 Å². The monoisotopic (exact) mass is 419 g/mol. The lowest BCUT2D eigenvalue weighted by atomic mass is 10.2. The standard InChI is InChI=1S/C12H11BrIN3O/c1-2-3-9-10(14)12(18)17-11(16-9)7-4-8(13)6-15-5-7/h4-6H,2-3H2,1H3,(H,16,17,18). The van der Waals surface area contributed by atoms with E-state index in [0.29, 0.717) is 9.39 Å². The minimum absolute atomic E-state index is 0.0935. The van der Waals surface area contributed by atoms with E-state index in [0.717, 1.165) is 28.6 Å². The maximum Gasteiger partial charge on any atom is 0.264 e. The lowest BCUT2D eigenvalue weighted by molar-refractivity contribution is 0.860. The summed E-state index contributed by atoms with van der Waals surface area (Å²) in [5, 5.41) is 0. The van der Waals surface area contributed by atoms with E-state index in [-0.39, 0.29) is 5.56 Å². The van der Waals surface area contributed by atoms with Crippen molar-refractivity contribution in [2.45, 2.75) is 19.8 Å². The molecule has 0 aromatic carbocycles. The molecule has 18 heavy (non-hydrogen) atoms. The molecule has 0 aliphatic heterocycles. The van der Waals surface area contributed by atoms with Gasteiger partial charge in [-0.3, -0.25) is 9.78 Å². The highest BCUT2D eigenvalue weighted by Crippen LogP contribution is 2.19. The molecule has 0 fully saturated rings. The van der Waals surface area contributed by atoms with Crippen LogP contribution in [0.3, 0.4) is 0 Å². The largest absolute Gasteiger partial charge is 0.306 e. The van der Waals surface area contributed by atoms with Crippen LogP contribution in [0, 0.1) is 3.57 Å². The molecule has 0 saturated carbocycles. The third-order valence-electron chi connectivity index (χ3n) is 2.40. The van der Waals surface area contributed by atoms with E-state index in [1.165, 1.54) is 0 Å². The molecule has 1 N–H and O–H groups in total. The van der Waals surface area contributed by atoms with Gasteiger partial charge in [-0.15, -0.1) is 0 Å². The third-order valence-corrected chi connectivity index (χ3v) is 3.94. The molecule has 0 bridgehead atoms. The number of nitrogens with zero attached hydrogens (tertiary/aromatic N) is 2. The molecule has 2 rings (SSSR count). The summed E-state index contributed by atoms with van der Waals surface area (Å²) in [6.45, 7) is 2.07. The maximum atomic E-state index is 11.9. The molecular weight excluding hydrogens is 409 g/mol. The van der Waals surface area contributed by atoms with Crippen molar-refractivity contribution < 1.29 is 0 Å². The first kappa shape index (κ1) is 13.7. The molecule has 0 spiro atoms. The fourth-order valence-electron chi connectivity index (χ4n) is 1.59. The first-order valence-electron chi connectivity index (χ1n) is 5.51. The zero-order chi connectivity index (χ0) is 13.1. The van der Waals surface area contributed by atoms with Gasteiger partial charge in [0.1, 0.15) is 5.82 Å². The summed E-state index contributed by atoms with van der Waals surface area (Å²) in [4.78, 5) is 23.2. The summed E-state index contributed by atoms with van der Waals surface area (Å²) < 4.78 is 1.53. The SMILES string of the molecule is CCCc1nc(-c2cncc(Br)c2)[nH]c(=O)c1I. The van der Waals surface area contributed by atoms with Crippen LogP contribution in [0.25, 0.3) is 11.4 Å². The maximum absolute atomic E-state index is 11.9. The van der Waals surface area contributed by atoms with E-state index in [2.05, 4.69) is 37.8 Å². The van der Waals surface area contributed by atoms with E-state index in [1.807, 2.05) is 28.7 Å². The Labute approximate surface area is 127 Å². The van der Waals surface area contributed by atoms with Gasteiger partial charge in [0.25, 0.3) is 5.56 Å². The Morgan fingerprint density at radius 2 is 2.22 bits per heavy atom. The Kier molecular flexibility index (Phi) is 4.50. The minimum atomic E-state index is -0.0935. The third kappa shape index (κ3) is 2.97. The van der Waals surface area contributed by atoms with Gasteiger partial charge in [-0.05, 0) is 51.0 Å². The Morgan fingerprint density at radius 3 is 2.89 bits per heavy atom. The van der Waals surface area contributed by atoms with Gasteiger partial charge in [-0.2, -0.15) is 0 Å². The zero-order valence-electron chi connectivity index (χ0n) is 9.70. The summed E-state index contributed by atoms with van der Waals surface area (Å²) in [5.41, 5.74) is 1.55. The predicted octanol–water partition coefficient (Wildman–Crippen LogP) is 3.15. The fraction of sp³-hybridized carbons (Fsp3) is 0.250. The van der Waals surface area contributed by atoms with Crippen LogP contribution in [0.2, 0.25) is 0 Å². The van der Waals surface area contributed by atoms with Crippen LogP contribution in [-0.2, 0) is 6.42 Å². The second-order valence-electron chi connectivity index (χ2n) is 3.82. The Morgan fingerprint density at radius 1 is 1.44 bits per heavy atom. The van der Waals surface area contributed by atoms with Crippen molar-refractivity contribution >= 4 is 38.5 Å². The van der Waals surface area contributed by atoms with E-state index in [9.17, 15) is 4.79 Å². The number of hydrogen-bond donors (Lipinski definition) is 1. The number of H-pyrrole nitrogens is 1. The molecule has 2 aromatic heterocycles. The van der Waals surface area contributed by atoms with Gasteiger partial charge in [-0.25, -0.2) is 4.98 Å². The number of aryl methyl sites for hydroxylation is 1. The number of pyridine rings is 1. The van der Waals surface area contributed by atoms with Crippen LogP contribution in [-0.4, -0.2) is 15.0 Å². The van der Waals surface area contributed by atoms with Crippen molar-refractivity contribution in [3.63, 3.8) is 0 Å². The van der Waals surface area contributed by atoms with Crippen molar-refractivity contribution in [2.24, 2.45) is 0 Å². The second-order valence-corrected chi connectivity index (χ2v) is 5.81. The van der Waals surface area contributed by atoms with Gasteiger partial charge >= 0.3 is 0 Å². The predicted molar refractivity (Wildman–Crippen MR) is 82.5 cm³/mol. The highest BCUT2D eigenvalue weighted by atomic mass is 127. The van der Waals surface area contributed by atoms with Gasteiger partial charge < -0.3 is 4.98 Å². The van der Waals surface area contributed by atoms with Crippen molar-refractivity contribution in [3.8, 4) is 11.4 Å². The average Bonchev–Trinajstić information content (AvgIpc) is 2.35. The number of hydrogen-bond acceptors (Lipinski definition) is 3. The Bertz CT molecular complexity index is 627. The Balaban J connectivity index is 2.55. The number of nitrogens with one attached hydrogen (secondary N) is 1. The number of halogens is 2. The van der Waals surface area contributed by atoms with Gasteiger partial charge in [-0.1, -0.05) is 13.3 Å². The molecular formula is C12H11BrIN3O. The molecule has 0 amide bonds. The average molecular weight is 420 g/mol. The van der Waals surface area contributed by atoms with Crippen molar-refractivity contribution in [1.82, 2.24) is 15.0 Å². The van der Waals surface area contributed by atoms with Crippen molar-refractivity contribution in [2.75, 3.05) is 0 Å². The van der Waals surface area contributed by atoms with E-state index in [1.54, 1.807) is 12.4 Å². The highest BCUT2D eigenvalue weighted by Gasteiger charge is 2.10. The molecule has 0 atom stereocenters. The van der Waals surface area contributed by atoms with Gasteiger partial charge in [0.05, 0.1) is 9.26 Å². The summed E-state index contributed by atoms with van der Waals surface area (Å²) in [7, 11) is 0. The molecule has 0 unspecified atom stereocenters. The number of aromatic amines is 1. The Hall–Kier alpha value is -0.760. The number of rotatable bonds is 3. The van der Waals surface area contributed by atoms with Gasteiger partial charge in [0.15, 0.2) is 0 Å². The molecule has 0 saturated heterocycles. The molecule has 94 valence electrons. The van der Waals surface area contributed by atoms with Crippen molar-refractivity contribution in [1.29, 1.82) is 0 Å². The first-order chi connectivity index (χ1) is 8.61. The topological polar surface area (TPSA) is 58.6 Å². The lowest BCUT2D eigenvalue weighted by Crippen LogP contribution is -2.16. The number of aromatic nitrogens is 3.